The van der Waals surface area contributed by atoms with Crippen LogP contribution in [0.25, 0.3) is 0 Å². The highest BCUT2D eigenvalue weighted by atomic mass is 16.2. The number of hydrogen-bond acceptors (Lipinski definition) is 2. The van der Waals surface area contributed by atoms with E-state index in [2.05, 4.69) is 5.32 Å². The van der Waals surface area contributed by atoms with Crippen LogP contribution in [-0.2, 0) is 7.05 Å². The molecule has 0 saturated heterocycles. The van der Waals surface area contributed by atoms with Crippen LogP contribution in [0.4, 0.5) is 0 Å². The summed E-state index contributed by atoms with van der Waals surface area (Å²) in [5, 5.41) is 2.72. The van der Waals surface area contributed by atoms with E-state index >= 15 is 0 Å². The van der Waals surface area contributed by atoms with E-state index in [-0.39, 0.29) is 17.0 Å². The lowest BCUT2D eigenvalue weighted by Gasteiger charge is -2.10. The van der Waals surface area contributed by atoms with Crippen LogP contribution in [0.2, 0.25) is 0 Å². The van der Waals surface area contributed by atoms with Crippen LogP contribution in [-0.4, -0.2) is 17.0 Å². The standard InChI is InChI=1S/C12H18N2O2/c1-5-6-13-11(15)10-8(2)7-9(3)14(4)12(10)16/h7H,5-6H2,1-4H3,(H,13,15). The van der Waals surface area contributed by atoms with Crippen LogP contribution in [0.5, 0.6) is 0 Å². The van der Waals surface area contributed by atoms with Crippen molar-refractivity contribution in [3.8, 4) is 0 Å². The normalized spacial score (nSPS) is 10.2. The molecule has 0 aliphatic heterocycles. The largest absolute Gasteiger partial charge is 0.352 e. The van der Waals surface area contributed by atoms with E-state index in [9.17, 15) is 9.59 Å². The Bertz CT molecular complexity index is 461. The summed E-state index contributed by atoms with van der Waals surface area (Å²) in [4.78, 5) is 23.7. The van der Waals surface area contributed by atoms with Crippen molar-refractivity contribution in [1.29, 1.82) is 0 Å². The molecular formula is C12H18N2O2. The first-order valence-electron chi connectivity index (χ1n) is 5.44. The Morgan fingerprint density at radius 3 is 2.62 bits per heavy atom. The zero-order valence-electron chi connectivity index (χ0n) is 10.3. The van der Waals surface area contributed by atoms with Crippen LogP contribution in [0.15, 0.2) is 10.9 Å². The Kier molecular flexibility index (Phi) is 3.88. The number of nitrogens with one attached hydrogen (secondary N) is 1. The van der Waals surface area contributed by atoms with Gasteiger partial charge in [-0.15, -0.1) is 0 Å². The van der Waals surface area contributed by atoms with Crippen molar-refractivity contribution < 1.29 is 4.79 Å². The van der Waals surface area contributed by atoms with Crippen molar-refractivity contribution in [2.75, 3.05) is 6.54 Å². The Balaban J connectivity index is 3.19. The SMILES string of the molecule is CCCNC(=O)c1c(C)cc(C)n(C)c1=O. The number of pyridine rings is 1. The quantitative estimate of drug-likeness (QED) is 0.833. The van der Waals surface area contributed by atoms with Gasteiger partial charge in [-0.1, -0.05) is 6.92 Å². The first-order chi connectivity index (χ1) is 7.49. The summed E-state index contributed by atoms with van der Waals surface area (Å²) in [7, 11) is 1.67. The summed E-state index contributed by atoms with van der Waals surface area (Å²) in [5.41, 5.74) is 1.61. The molecule has 0 radical (unpaired) electrons. The zero-order valence-corrected chi connectivity index (χ0v) is 10.3. The summed E-state index contributed by atoms with van der Waals surface area (Å²) in [5.74, 6) is -0.278. The summed E-state index contributed by atoms with van der Waals surface area (Å²) >= 11 is 0. The van der Waals surface area contributed by atoms with Gasteiger partial charge in [-0.05, 0) is 31.9 Å². The van der Waals surface area contributed by atoms with E-state index in [1.807, 2.05) is 19.9 Å². The molecule has 0 spiro atoms. The van der Waals surface area contributed by atoms with Gasteiger partial charge in [0.05, 0.1) is 0 Å². The number of nitrogens with zero attached hydrogens (tertiary/aromatic N) is 1. The predicted octanol–water partition coefficient (Wildman–Crippen LogP) is 1.14. The topological polar surface area (TPSA) is 51.1 Å². The average Bonchev–Trinajstić information content (AvgIpc) is 2.23. The first kappa shape index (κ1) is 12.5. The minimum atomic E-state index is -0.278. The van der Waals surface area contributed by atoms with Crippen LogP contribution in [0, 0.1) is 13.8 Å². The molecule has 0 aliphatic rings. The van der Waals surface area contributed by atoms with Crippen molar-refractivity contribution >= 4 is 5.91 Å². The molecule has 0 unspecified atom stereocenters. The van der Waals surface area contributed by atoms with Crippen LogP contribution < -0.4 is 10.9 Å². The predicted molar refractivity (Wildman–Crippen MR) is 63.8 cm³/mol. The lowest BCUT2D eigenvalue weighted by molar-refractivity contribution is 0.0951. The summed E-state index contributed by atoms with van der Waals surface area (Å²) in [6.07, 6.45) is 0.858. The second-order valence-electron chi connectivity index (χ2n) is 3.96. The van der Waals surface area contributed by atoms with E-state index in [0.717, 1.165) is 17.7 Å². The van der Waals surface area contributed by atoms with E-state index in [1.165, 1.54) is 4.57 Å². The lowest BCUT2D eigenvalue weighted by Crippen LogP contribution is -2.34. The maximum absolute atomic E-state index is 11.9. The van der Waals surface area contributed by atoms with Gasteiger partial charge in [0.1, 0.15) is 5.56 Å². The van der Waals surface area contributed by atoms with E-state index in [4.69, 9.17) is 0 Å². The number of rotatable bonds is 3. The number of carbonyl (C=O) groups is 1. The summed E-state index contributed by atoms with van der Waals surface area (Å²) < 4.78 is 1.49. The van der Waals surface area contributed by atoms with Gasteiger partial charge < -0.3 is 9.88 Å². The van der Waals surface area contributed by atoms with E-state index < -0.39 is 0 Å². The van der Waals surface area contributed by atoms with E-state index in [1.54, 1.807) is 14.0 Å². The molecule has 0 aliphatic carbocycles. The Morgan fingerprint density at radius 1 is 1.44 bits per heavy atom. The highest BCUT2D eigenvalue weighted by Crippen LogP contribution is 2.05. The van der Waals surface area contributed by atoms with Crippen molar-refractivity contribution in [1.82, 2.24) is 9.88 Å². The minimum Gasteiger partial charge on any atom is -0.352 e. The van der Waals surface area contributed by atoms with Gasteiger partial charge in [-0.25, -0.2) is 0 Å². The molecule has 4 heteroatoms. The average molecular weight is 222 g/mol. The van der Waals surface area contributed by atoms with Crippen molar-refractivity contribution in [2.45, 2.75) is 27.2 Å². The van der Waals surface area contributed by atoms with Gasteiger partial charge in [0, 0.05) is 19.3 Å². The third kappa shape index (κ3) is 2.32. The number of hydrogen-bond donors (Lipinski definition) is 1. The fraction of sp³-hybridized carbons (Fsp3) is 0.500. The molecule has 0 fully saturated rings. The highest BCUT2D eigenvalue weighted by molar-refractivity contribution is 5.95. The monoisotopic (exact) mass is 222 g/mol. The Morgan fingerprint density at radius 2 is 2.06 bits per heavy atom. The molecule has 0 aromatic carbocycles. The van der Waals surface area contributed by atoms with Gasteiger partial charge >= 0.3 is 0 Å². The third-order valence-electron chi connectivity index (χ3n) is 2.63. The molecule has 1 heterocycles. The van der Waals surface area contributed by atoms with Crippen molar-refractivity contribution in [3.63, 3.8) is 0 Å². The summed E-state index contributed by atoms with van der Waals surface area (Å²) in [6, 6.07) is 1.85. The first-order valence-corrected chi connectivity index (χ1v) is 5.44. The molecule has 1 aromatic rings. The van der Waals surface area contributed by atoms with Gasteiger partial charge in [0.15, 0.2) is 0 Å². The molecule has 1 aromatic heterocycles. The second-order valence-corrected chi connectivity index (χ2v) is 3.96. The third-order valence-corrected chi connectivity index (χ3v) is 2.63. The molecule has 4 nitrogen and oxygen atoms in total. The fourth-order valence-electron chi connectivity index (χ4n) is 1.58. The maximum atomic E-state index is 11.9. The number of aryl methyl sites for hydroxylation is 2. The maximum Gasteiger partial charge on any atom is 0.263 e. The molecule has 88 valence electrons. The molecular weight excluding hydrogens is 204 g/mol. The molecule has 1 amide bonds. The number of carbonyl (C=O) groups excluding carboxylic acids is 1. The molecule has 16 heavy (non-hydrogen) atoms. The highest BCUT2D eigenvalue weighted by Gasteiger charge is 2.15. The van der Waals surface area contributed by atoms with Crippen molar-refractivity contribution in [3.05, 3.63) is 33.2 Å². The number of aromatic nitrogens is 1. The van der Waals surface area contributed by atoms with Gasteiger partial charge in [0.2, 0.25) is 0 Å². The molecule has 1 N–H and O–H groups in total. The van der Waals surface area contributed by atoms with Gasteiger partial charge in [-0.2, -0.15) is 0 Å². The second kappa shape index (κ2) is 4.96. The number of amides is 1. The van der Waals surface area contributed by atoms with Crippen LogP contribution in [0.1, 0.15) is 35.0 Å². The van der Waals surface area contributed by atoms with E-state index in [0.29, 0.717) is 6.54 Å². The van der Waals surface area contributed by atoms with Crippen LogP contribution in [0.3, 0.4) is 0 Å². The Labute approximate surface area is 95.3 Å². The zero-order chi connectivity index (χ0) is 12.3. The fourth-order valence-corrected chi connectivity index (χ4v) is 1.58. The Hall–Kier alpha value is -1.58. The van der Waals surface area contributed by atoms with Gasteiger partial charge in [-0.3, -0.25) is 9.59 Å². The summed E-state index contributed by atoms with van der Waals surface area (Å²) in [6.45, 7) is 6.20. The molecule has 0 bridgehead atoms. The minimum absolute atomic E-state index is 0.230. The smallest absolute Gasteiger partial charge is 0.263 e. The molecule has 0 atom stereocenters. The molecule has 0 saturated carbocycles. The van der Waals surface area contributed by atoms with Crippen LogP contribution >= 0.6 is 0 Å². The lowest BCUT2D eigenvalue weighted by atomic mass is 10.1. The van der Waals surface area contributed by atoms with Gasteiger partial charge in [0.25, 0.3) is 11.5 Å². The van der Waals surface area contributed by atoms with Crippen molar-refractivity contribution in [2.24, 2.45) is 7.05 Å². The molecule has 1 rings (SSSR count).